The Bertz CT molecular complexity index is 478. The minimum absolute atomic E-state index is 0.0697. The molecule has 3 N–H and O–H groups in total. The quantitative estimate of drug-likeness (QED) is 0.768. The second-order valence-electron chi connectivity index (χ2n) is 5.60. The molecule has 0 spiro atoms. The molecule has 0 aliphatic carbocycles. The van der Waals surface area contributed by atoms with Crippen LogP contribution in [0.25, 0.3) is 0 Å². The van der Waals surface area contributed by atoms with E-state index in [1.807, 2.05) is 39.0 Å². The molecule has 1 rings (SSSR count). The van der Waals surface area contributed by atoms with E-state index in [0.717, 1.165) is 5.69 Å². The number of hydrogen-bond acceptors (Lipinski definition) is 3. The second-order valence-corrected chi connectivity index (χ2v) is 5.60. The van der Waals surface area contributed by atoms with Crippen LogP contribution in [0, 0.1) is 0 Å². The van der Waals surface area contributed by atoms with Gasteiger partial charge in [0.1, 0.15) is 0 Å². The normalized spacial score (nSPS) is 10.8. The van der Waals surface area contributed by atoms with Gasteiger partial charge in [-0.1, -0.05) is 12.1 Å². The van der Waals surface area contributed by atoms with E-state index in [4.69, 9.17) is 0 Å². The number of nitrogens with one attached hydrogen (secondary N) is 3. The van der Waals surface area contributed by atoms with Crippen molar-refractivity contribution in [2.45, 2.75) is 32.7 Å². The third kappa shape index (κ3) is 5.30. The number of carbonyl (C=O) groups excluding carboxylic acids is 2. The number of para-hydroxylation sites is 1. The molecule has 0 heterocycles. The van der Waals surface area contributed by atoms with Crippen molar-refractivity contribution in [1.29, 1.82) is 0 Å². The van der Waals surface area contributed by atoms with Crippen molar-refractivity contribution in [2.24, 2.45) is 0 Å². The molecule has 20 heavy (non-hydrogen) atoms. The van der Waals surface area contributed by atoms with Gasteiger partial charge >= 0.3 is 0 Å². The Morgan fingerprint density at radius 3 is 2.40 bits per heavy atom. The van der Waals surface area contributed by atoms with Gasteiger partial charge < -0.3 is 16.0 Å². The molecule has 1 aromatic carbocycles. The number of benzene rings is 1. The maximum atomic E-state index is 12.0. The smallest absolute Gasteiger partial charge is 0.253 e. The van der Waals surface area contributed by atoms with Crippen molar-refractivity contribution in [3.05, 3.63) is 29.8 Å². The van der Waals surface area contributed by atoms with Crippen molar-refractivity contribution in [3.8, 4) is 0 Å². The summed E-state index contributed by atoms with van der Waals surface area (Å²) in [6.45, 7) is 6.09. The van der Waals surface area contributed by atoms with E-state index in [1.165, 1.54) is 0 Å². The Morgan fingerprint density at radius 1 is 1.15 bits per heavy atom. The van der Waals surface area contributed by atoms with Crippen LogP contribution in [0.1, 0.15) is 37.6 Å². The molecule has 0 atom stereocenters. The fourth-order valence-corrected chi connectivity index (χ4v) is 1.76. The van der Waals surface area contributed by atoms with Crippen molar-refractivity contribution in [2.75, 3.05) is 18.9 Å². The summed E-state index contributed by atoms with van der Waals surface area (Å²) in [5, 5.41) is 8.57. The van der Waals surface area contributed by atoms with Crippen LogP contribution in [-0.4, -0.2) is 30.9 Å². The van der Waals surface area contributed by atoms with Crippen molar-refractivity contribution < 1.29 is 9.59 Å². The summed E-state index contributed by atoms with van der Waals surface area (Å²) in [7, 11) is 1.77. The lowest BCUT2D eigenvalue weighted by Crippen LogP contribution is -2.42. The number of hydrogen-bond donors (Lipinski definition) is 3. The van der Waals surface area contributed by atoms with Gasteiger partial charge in [0.2, 0.25) is 5.91 Å². The lowest BCUT2D eigenvalue weighted by atomic mass is 10.1. The fraction of sp³-hybridized carbons (Fsp3) is 0.467. The Labute approximate surface area is 120 Å². The predicted octanol–water partition coefficient (Wildman–Crippen LogP) is 1.76. The summed E-state index contributed by atoms with van der Waals surface area (Å²) >= 11 is 0. The highest BCUT2D eigenvalue weighted by molar-refractivity contribution is 5.99. The fourth-order valence-electron chi connectivity index (χ4n) is 1.76. The number of anilines is 1. The summed E-state index contributed by atoms with van der Waals surface area (Å²) in [5.74, 6) is -0.252. The van der Waals surface area contributed by atoms with Crippen LogP contribution < -0.4 is 16.0 Å². The van der Waals surface area contributed by atoms with Gasteiger partial charge in [0.15, 0.2) is 0 Å². The molecule has 0 aromatic heterocycles. The van der Waals surface area contributed by atoms with E-state index in [0.29, 0.717) is 12.1 Å². The molecule has 0 bridgehead atoms. The minimum Gasteiger partial charge on any atom is -0.387 e. The van der Waals surface area contributed by atoms with Crippen molar-refractivity contribution in [1.82, 2.24) is 10.6 Å². The Balaban J connectivity index is 2.46. The summed E-state index contributed by atoms with van der Waals surface area (Å²) in [5.41, 5.74) is 1.09. The first-order chi connectivity index (χ1) is 9.33. The van der Waals surface area contributed by atoms with E-state index < -0.39 is 0 Å². The van der Waals surface area contributed by atoms with Crippen LogP contribution in [-0.2, 0) is 4.79 Å². The van der Waals surface area contributed by atoms with Crippen LogP contribution in [0.15, 0.2) is 24.3 Å². The number of amides is 2. The van der Waals surface area contributed by atoms with E-state index >= 15 is 0 Å². The van der Waals surface area contributed by atoms with Gasteiger partial charge in [-0.05, 0) is 32.9 Å². The monoisotopic (exact) mass is 277 g/mol. The maximum Gasteiger partial charge on any atom is 0.253 e. The second kappa shape index (κ2) is 6.93. The molecule has 5 nitrogen and oxygen atoms in total. The van der Waals surface area contributed by atoms with Gasteiger partial charge in [-0.2, -0.15) is 0 Å². The molecule has 0 aliphatic heterocycles. The SMILES string of the molecule is CNc1ccccc1C(=O)NCCC(=O)NC(C)(C)C. The van der Waals surface area contributed by atoms with Gasteiger partial charge in [-0.25, -0.2) is 0 Å². The van der Waals surface area contributed by atoms with E-state index in [-0.39, 0.29) is 23.8 Å². The van der Waals surface area contributed by atoms with Crippen molar-refractivity contribution in [3.63, 3.8) is 0 Å². The van der Waals surface area contributed by atoms with Gasteiger partial charge in [0.05, 0.1) is 5.56 Å². The topological polar surface area (TPSA) is 70.2 Å². The van der Waals surface area contributed by atoms with Gasteiger partial charge in [-0.3, -0.25) is 9.59 Å². The molecule has 1 aromatic rings. The third-order valence-electron chi connectivity index (χ3n) is 2.59. The van der Waals surface area contributed by atoms with Crippen molar-refractivity contribution >= 4 is 17.5 Å². The molecule has 0 radical (unpaired) electrons. The first-order valence-electron chi connectivity index (χ1n) is 6.69. The van der Waals surface area contributed by atoms with E-state index in [1.54, 1.807) is 13.1 Å². The molecule has 0 fully saturated rings. The zero-order valence-corrected chi connectivity index (χ0v) is 12.5. The largest absolute Gasteiger partial charge is 0.387 e. The van der Waals surface area contributed by atoms with Crippen LogP contribution in [0.3, 0.4) is 0 Å². The van der Waals surface area contributed by atoms with Gasteiger partial charge in [-0.15, -0.1) is 0 Å². The summed E-state index contributed by atoms with van der Waals surface area (Å²) in [4.78, 5) is 23.6. The Kier molecular flexibility index (Phi) is 5.55. The zero-order chi connectivity index (χ0) is 15.2. The van der Waals surface area contributed by atoms with E-state index in [9.17, 15) is 9.59 Å². The minimum atomic E-state index is -0.250. The average molecular weight is 277 g/mol. The summed E-state index contributed by atoms with van der Waals surface area (Å²) in [6, 6.07) is 7.25. The zero-order valence-electron chi connectivity index (χ0n) is 12.5. The molecule has 0 saturated carbocycles. The van der Waals surface area contributed by atoms with Crippen LogP contribution >= 0.6 is 0 Å². The Hall–Kier alpha value is -2.04. The van der Waals surface area contributed by atoms with Crippen LogP contribution in [0.2, 0.25) is 0 Å². The molecule has 0 unspecified atom stereocenters. The molecule has 5 heteroatoms. The predicted molar refractivity (Wildman–Crippen MR) is 80.8 cm³/mol. The molecule has 0 saturated heterocycles. The molecular weight excluding hydrogens is 254 g/mol. The summed E-state index contributed by atoms with van der Waals surface area (Å²) < 4.78 is 0. The highest BCUT2D eigenvalue weighted by Gasteiger charge is 2.14. The number of carbonyl (C=O) groups is 2. The van der Waals surface area contributed by atoms with Gasteiger partial charge in [0, 0.05) is 31.2 Å². The molecule has 2 amide bonds. The average Bonchev–Trinajstić information content (AvgIpc) is 2.36. The van der Waals surface area contributed by atoms with Gasteiger partial charge in [0.25, 0.3) is 5.91 Å². The van der Waals surface area contributed by atoms with Crippen LogP contribution in [0.4, 0.5) is 5.69 Å². The van der Waals surface area contributed by atoms with E-state index in [2.05, 4.69) is 16.0 Å². The summed E-state index contributed by atoms with van der Waals surface area (Å²) in [6.07, 6.45) is 0.269. The number of rotatable bonds is 5. The molecule has 0 aliphatic rings. The third-order valence-corrected chi connectivity index (χ3v) is 2.59. The highest BCUT2D eigenvalue weighted by atomic mass is 16.2. The lowest BCUT2D eigenvalue weighted by molar-refractivity contribution is -0.122. The molecule has 110 valence electrons. The first-order valence-corrected chi connectivity index (χ1v) is 6.69. The first kappa shape index (κ1) is 16.0. The Morgan fingerprint density at radius 2 is 1.80 bits per heavy atom. The maximum absolute atomic E-state index is 12.0. The molecular formula is C15H23N3O2. The lowest BCUT2D eigenvalue weighted by Gasteiger charge is -2.20. The highest BCUT2D eigenvalue weighted by Crippen LogP contribution is 2.13. The standard InChI is InChI=1S/C15H23N3O2/c1-15(2,3)18-13(19)9-10-17-14(20)11-7-5-6-8-12(11)16-4/h5-8,16H,9-10H2,1-4H3,(H,17,20)(H,18,19). The van der Waals surface area contributed by atoms with Crippen LogP contribution in [0.5, 0.6) is 0 Å².